The van der Waals surface area contributed by atoms with Crippen molar-refractivity contribution in [3.63, 3.8) is 0 Å². The van der Waals surface area contributed by atoms with Gasteiger partial charge in [0, 0.05) is 6.54 Å². The van der Waals surface area contributed by atoms with Gasteiger partial charge in [-0.15, -0.1) is 0 Å². The fourth-order valence-corrected chi connectivity index (χ4v) is 2.77. The molecule has 0 radical (unpaired) electrons. The molecule has 1 aliphatic carbocycles. The molecular weight excluding hydrogens is 252 g/mol. The lowest BCUT2D eigenvalue weighted by atomic mass is 9.90. The van der Waals surface area contributed by atoms with Crippen molar-refractivity contribution in [2.75, 3.05) is 19.8 Å². The Balaban J connectivity index is 1.98. The second kappa shape index (κ2) is 6.21. The van der Waals surface area contributed by atoms with Gasteiger partial charge in [-0.3, -0.25) is 0 Å². The molecule has 2 aliphatic rings. The average Bonchev–Trinajstić information content (AvgIpc) is 2.43. The Kier molecular flexibility index (Phi) is 4.60. The zero-order chi connectivity index (χ0) is 13.8. The maximum absolute atomic E-state index is 12.1. The minimum Gasteiger partial charge on any atom is -0.480 e. The summed E-state index contributed by atoms with van der Waals surface area (Å²) in [5.41, 5.74) is 0. The number of nitrogens with zero attached hydrogens (tertiary/aromatic N) is 1. The molecule has 19 heavy (non-hydrogen) atoms. The highest BCUT2D eigenvalue weighted by molar-refractivity contribution is 5.82. The summed E-state index contributed by atoms with van der Waals surface area (Å²) in [7, 11) is 0. The van der Waals surface area contributed by atoms with Gasteiger partial charge in [-0.05, 0) is 12.8 Å². The summed E-state index contributed by atoms with van der Waals surface area (Å²) in [5, 5.41) is 20.1. The Hall–Kier alpha value is -1.34. The number of hydrogen-bond acceptors (Lipinski definition) is 4. The molecule has 3 N–H and O–H groups in total. The summed E-state index contributed by atoms with van der Waals surface area (Å²) in [4.78, 5) is 24.6. The van der Waals surface area contributed by atoms with Crippen LogP contribution in [0.2, 0.25) is 0 Å². The Bertz CT molecular complexity index is 347. The highest BCUT2D eigenvalue weighted by Gasteiger charge is 2.37. The first kappa shape index (κ1) is 14.1. The van der Waals surface area contributed by atoms with Gasteiger partial charge in [0.05, 0.1) is 25.4 Å². The van der Waals surface area contributed by atoms with Crippen molar-refractivity contribution < 1.29 is 24.5 Å². The number of amides is 2. The van der Waals surface area contributed by atoms with Crippen LogP contribution < -0.4 is 5.32 Å². The van der Waals surface area contributed by atoms with Gasteiger partial charge >= 0.3 is 12.0 Å². The summed E-state index contributed by atoms with van der Waals surface area (Å²) >= 11 is 0. The highest BCUT2D eigenvalue weighted by atomic mass is 16.5. The molecule has 1 aliphatic heterocycles. The molecule has 108 valence electrons. The van der Waals surface area contributed by atoms with E-state index in [9.17, 15) is 9.59 Å². The second-order valence-corrected chi connectivity index (χ2v) is 4.98. The predicted octanol–water partition coefficient (Wildman–Crippen LogP) is -0.215. The molecule has 0 aromatic heterocycles. The number of hydrogen-bond donors (Lipinski definition) is 3. The molecule has 2 unspecified atom stereocenters. The van der Waals surface area contributed by atoms with Crippen molar-refractivity contribution in [1.82, 2.24) is 10.2 Å². The summed E-state index contributed by atoms with van der Waals surface area (Å²) in [6, 6.07) is -1.66. The number of carbonyl (C=O) groups is 2. The van der Waals surface area contributed by atoms with Gasteiger partial charge in [-0.25, -0.2) is 9.59 Å². The first-order chi connectivity index (χ1) is 9.13. The molecule has 7 heteroatoms. The lowest BCUT2D eigenvalue weighted by Crippen LogP contribution is -2.59. The quantitative estimate of drug-likeness (QED) is 0.660. The third-order valence-electron chi connectivity index (χ3n) is 3.77. The topological polar surface area (TPSA) is 99.1 Å². The van der Waals surface area contributed by atoms with Crippen LogP contribution in [0, 0.1) is 0 Å². The van der Waals surface area contributed by atoms with Crippen molar-refractivity contribution in [3.8, 4) is 0 Å². The van der Waals surface area contributed by atoms with E-state index in [2.05, 4.69) is 5.32 Å². The molecule has 2 amide bonds. The van der Waals surface area contributed by atoms with Crippen LogP contribution in [-0.2, 0) is 9.53 Å². The number of aliphatic carboxylic acids is 1. The van der Waals surface area contributed by atoms with Crippen LogP contribution in [0.5, 0.6) is 0 Å². The van der Waals surface area contributed by atoms with Crippen LogP contribution in [0.4, 0.5) is 4.79 Å². The van der Waals surface area contributed by atoms with Crippen LogP contribution in [0.3, 0.4) is 0 Å². The van der Waals surface area contributed by atoms with Crippen molar-refractivity contribution in [2.24, 2.45) is 0 Å². The largest absolute Gasteiger partial charge is 0.480 e. The first-order valence-electron chi connectivity index (χ1n) is 6.66. The van der Waals surface area contributed by atoms with Crippen LogP contribution in [0.25, 0.3) is 0 Å². The van der Waals surface area contributed by atoms with E-state index in [1.165, 1.54) is 0 Å². The lowest BCUT2D eigenvalue weighted by Gasteiger charge is -2.43. The van der Waals surface area contributed by atoms with Gasteiger partial charge < -0.3 is 25.2 Å². The van der Waals surface area contributed by atoms with E-state index in [4.69, 9.17) is 14.9 Å². The molecule has 3 atom stereocenters. The first-order valence-corrected chi connectivity index (χ1v) is 6.66. The summed E-state index contributed by atoms with van der Waals surface area (Å²) in [6.45, 7) is 0.329. The lowest BCUT2D eigenvalue weighted by molar-refractivity contribution is -0.140. The molecule has 0 aromatic rings. The van der Waals surface area contributed by atoms with Crippen LogP contribution in [0.15, 0.2) is 0 Å². The number of urea groups is 1. The Labute approximate surface area is 111 Å². The minimum atomic E-state index is -1.25. The van der Waals surface area contributed by atoms with E-state index in [1.54, 1.807) is 4.90 Å². The van der Waals surface area contributed by atoms with Gasteiger partial charge in [0.2, 0.25) is 0 Å². The van der Waals surface area contributed by atoms with E-state index in [0.717, 1.165) is 25.7 Å². The highest BCUT2D eigenvalue weighted by Crippen LogP contribution is 2.28. The van der Waals surface area contributed by atoms with E-state index in [-0.39, 0.29) is 12.1 Å². The molecule has 7 nitrogen and oxygen atoms in total. The van der Waals surface area contributed by atoms with Crippen molar-refractivity contribution in [2.45, 2.75) is 43.9 Å². The molecule has 0 aromatic carbocycles. The van der Waals surface area contributed by atoms with Crippen molar-refractivity contribution >= 4 is 12.0 Å². The smallest absolute Gasteiger partial charge is 0.328 e. The number of morpholine rings is 1. The average molecular weight is 272 g/mol. The molecule has 1 saturated carbocycles. The van der Waals surface area contributed by atoms with E-state index in [0.29, 0.717) is 13.2 Å². The number of aliphatic hydroxyl groups excluding tert-OH is 1. The minimum absolute atomic E-state index is 0.0237. The maximum Gasteiger partial charge on any atom is 0.328 e. The van der Waals surface area contributed by atoms with Crippen LogP contribution in [0.1, 0.15) is 25.7 Å². The number of nitrogens with one attached hydrogen (secondary N) is 1. The third-order valence-corrected chi connectivity index (χ3v) is 3.77. The molecule has 0 bridgehead atoms. The third kappa shape index (κ3) is 3.16. The van der Waals surface area contributed by atoms with Gasteiger partial charge in [0.1, 0.15) is 0 Å². The second-order valence-electron chi connectivity index (χ2n) is 4.98. The molecular formula is C12H20N2O5. The fourth-order valence-electron chi connectivity index (χ4n) is 2.77. The van der Waals surface area contributed by atoms with Gasteiger partial charge in [0.25, 0.3) is 0 Å². The molecule has 0 spiro atoms. The van der Waals surface area contributed by atoms with Crippen LogP contribution >= 0.6 is 0 Å². The number of aliphatic hydroxyl groups is 1. The number of rotatable bonds is 3. The summed E-state index contributed by atoms with van der Waals surface area (Å²) in [5.74, 6) is -1.23. The SMILES string of the molecule is O=C(O)[C@@H](CO)NC(=O)N1CCOC2CCCCC21. The van der Waals surface area contributed by atoms with E-state index >= 15 is 0 Å². The predicted molar refractivity (Wildman–Crippen MR) is 65.7 cm³/mol. The molecule has 1 saturated heterocycles. The normalized spacial score (nSPS) is 28.4. The van der Waals surface area contributed by atoms with Crippen LogP contribution in [-0.4, -0.2) is 65.1 Å². The van der Waals surface area contributed by atoms with Crippen molar-refractivity contribution in [3.05, 3.63) is 0 Å². The van der Waals surface area contributed by atoms with Gasteiger partial charge in [0.15, 0.2) is 6.04 Å². The monoisotopic (exact) mass is 272 g/mol. The Morgan fingerprint density at radius 3 is 2.79 bits per heavy atom. The number of ether oxygens (including phenoxy) is 1. The van der Waals surface area contributed by atoms with Gasteiger partial charge in [-0.2, -0.15) is 0 Å². The van der Waals surface area contributed by atoms with E-state index < -0.39 is 24.6 Å². The number of carbonyl (C=O) groups excluding carboxylic acids is 1. The maximum atomic E-state index is 12.1. The standard InChI is InChI=1S/C12H20N2O5/c15-7-8(11(16)17)13-12(18)14-5-6-19-10-4-2-1-3-9(10)14/h8-10,15H,1-7H2,(H,13,18)(H,16,17)/t8-,9?,10?/m1/s1. The molecule has 2 fully saturated rings. The number of fused-ring (bicyclic) bond motifs is 1. The number of carboxylic acid groups (broad SMARTS) is 1. The van der Waals surface area contributed by atoms with Gasteiger partial charge in [-0.1, -0.05) is 12.8 Å². The summed E-state index contributed by atoms with van der Waals surface area (Å²) < 4.78 is 5.65. The fraction of sp³-hybridized carbons (Fsp3) is 0.833. The molecule has 1 heterocycles. The van der Waals surface area contributed by atoms with E-state index in [1.807, 2.05) is 0 Å². The number of carboxylic acids is 1. The zero-order valence-electron chi connectivity index (χ0n) is 10.7. The Morgan fingerprint density at radius 2 is 2.11 bits per heavy atom. The van der Waals surface area contributed by atoms with Crippen molar-refractivity contribution in [1.29, 1.82) is 0 Å². The zero-order valence-corrected chi connectivity index (χ0v) is 10.7. The molecule has 2 rings (SSSR count). The Morgan fingerprint density at radius 1 is 1.37 bits per heavy atom. The summed E-state index contributed by atoms with van der Waals surface area (Å²) in [6.07, 6.45) is 4.04.